The summed E-state index contributed by atoms with van der Waals surface area (Å²) in [6.45, 7) is 2.70. The number of nitrogens with one attached hydrogen (secondary N) is 1. The van der Waals surface area contributed by atoms with Gasteiger partial charge in [-0.05, 0) is 25.1 Å². The van der Waals surface area contributed by atoms with Crippen LogP contribution in [-0.2, 0) is 9.59 Å². The fourth-order valence-electron chi connectivity index (χ4n) is 0.987. The normalized spacial score (nSPS) is 18.3. The van der Waals surface area contributed by atoms with Gasteiger partial charge >= 0.3 is 0 Å². The van der Waals surface area contributed by atoms with Crippen LogP contribution in [0.25, 0.3) is 0 Å². The Morgan fingerprint density at radius 1 is 1.36 bits per heavy atom. The Morgan fingerprint density at radius 3 is 2.36 bits per heavy atom. The van der Waals surface area contributed by atoms with Gasteiger partial charge < -0.3 is 5.32 Å². The zero-order valence-corrected chi connectivity index (χ0v) is 6.46. The van der Waals surface area contributed by atoms with E-state index < -0.39 is 6.04 Å². The first-order chi connectivity index (χ1) is 5.25. The van der Waals surface area contributed by atoms with Crippen molar-refractivity contribution in [1.82, 2.24) is 5.32 Å². The van der Waals surface area contributed by atoms with E-state index in [0.29, 0.717) is 6.54 Å². The highest BCUT2D eigenvalue weighted by Crippen LogP contribution is 2.01. The van der Waals surface area contributed by atoms with Crippen LogP contribution in [0, 0.1) is 0 Å². The molecule has 1 aliphatic carbocycles. The minimum atomic E-state index is -0.588. The molecule has 0 aromatic carbocycles. The maximum atomic E-state index is 10.9. The van der Waals surface area contributed by atoms with Crippen molar-refractivity contribution in [2.75, 3.05) is 6.54 Å². The molecular formula is C8H11NO2. The van der Waals surface area contributed by atoms with Gasteiger partial charge in [0.25, 0.3) is 0 Å². The fourth-order valence-corrected chi connectivity index (χ4v) is 0.987. The summed E-state index contributed by atoms with van der Waals surface area (Å²) in [5, 5.41) is 2.87. The Kier molecular flexibility index (Phi) is 2.54. The van der Waals surface area contributed by atoms with E-state index in [1.54, 1.807) is 0 Å². The van der Waals surface area contributed by atoms with Gasteiger partial charge in [-0.2, -0.15) is 0 Å². The first kappa shape index (κ1) is 8.14. The van der Waals surface area contributed by atoms with Crippen molar-refractivity contribution in [2.24, 2.45) is 0 Å². The molecule has 0 heterocycles. The number of carbonyl (C=O) groups is 2. The van der Waals surface area contributed by atoms with Crippen LogP contribution in [0.2, 0.25) is 0 Å². The number of ketones is 2. The molecule has 1 rings (SSSR count). The third kappa shape index (κ3) is 1.74. The average Bonchev–Trinajstić information content (AvgIpc) is 2.29. The quantitative estimate of drug-likeness (QED) is 0.583. The standard InChI is InChI=1S/C8H11NO2/c1-2-5-9-8-6(10)3-4-7(8)11/h3-4,8-9H,2,5H2,1H3. The molecule has 60 valence electrons. The molecule has 0 amide bonds. The van der Waals surface area contributed by atoms with E-state index in [4.69, 9.17) is 0 Å². The molecule has 0 saturated heterocycles. The third-order valence-corrected chi connectivity index (χ3v) is 1.58. The van der Waals surface area contributed by atoms with Gasteiger partial charge in [-0.3, -0.25) is 9.59 Å². The van der Waals surface area contributed by atoms with Gasteiger partial charge in [-0.25, -0.2) is 0 Å². The summed E-state index contributed by atoms with van der Waals surface area (Å²) in [4.78, 5) is 21.8. The molecule has 11 heavy (non-hydrogen) atoms. The number of carbonyl (C=O) groups excluding carboxylic acids is 2. The predicted octanol–water partition coefficient (Wildman–Crippen LogP) is 0.0626. The largest absolute Gasteiger partial charge is 0.301 e. The lowest BCUT2D eigenvalue weighted by molar-refractivity contribution is -0.123. The topological polar surface area (TPSA) is 46.2 Å². The molecule has 0 saturated carbocycles. The lowest BCUT2D eigenvalue weighted by Crippen LogP contribution is -2.39. The van der Waals surface area contributed by atoms with Crippen LogP contribution in [0.1, 0.15) is 13.3 Å². The lowest BCUT2D eigenvalue weighted by atomic mass is 10.2. The molecule has 0 atom stereocenters. The van der Waals surface area contributed by atoms with Crippen molar-refractivity contribution in [2.45, 2.75) is 19.4 Å². The van der Waals surface area contributed by atoms with Gasteiger partial charge in [0.1, 0.15) is 6.04 Å². The Morgan fingerprint density at radius 2 is 1.91 bits per heavy atom. The van der Waals surface area contributed by atoms with E-state index in [1.807, 2.05) is 6.92 Å². The minimum Gasteiger partial charge on any atom is -0.301 e. The van der Waals surface area contributed by atoms with Gasteiger partial charge in [0, 0.05) is 0 Å². The van der Waals surface area contributed by atoms with Gasteiger partial charge in [0.05, 0.1) is 0 Å². The second kappa shape index (κ2) is 3.44. The van der Waals surface area contributed by atoms with Crippen LogP contribution in [0.4, 0.5) is 0 Å². The maximum absolute atomic E-state index is 10.9. The Balaban J connectivity index is 2.46. The van der Waals surface area contributed by atoms with Crippen LogP contribution < -0.4 is 5.32 Å². The van der Waals surface area contributed by atoms with E-state index in [-0.39, 0.29) is 11.6 Å². The summed E-state index contributed by atoms with van der Waals surface area (Å²) in [6, 6.07) is -0.588. The molecule has 0 unspecified atom stereocenters. The van der Waals surface area contributed by atoms with Crippen molar-refractivity contribution < 1.29 is 9.59 Å². The summed E-state index contributed by atoms with van der Waals surface area (Å²) in [5.74, 6) is -0.244. The fraction of sp³-hybridized carbons (Fsp3) is 0.500. The molecule has 0 aromatic rings. The molecule has 1 N–H and O–H groups in total. The highest BCUT2D eigenvalue weighted by atomic mass is 16.2. The zero-order valence-electron chi connectivity index (χ0n) is 6.46. The summed E-state index contributed by atoms with van der Waals surface area (Å²) in [5.41, 5.74) is 0. The number of rotatable bonds is 3. The molecule has 1 aliphatic rings. The van der Waals surface area contributed by atoms with E-state index in [0.717, 1.165) is 6.42 Å². The molecule has 0 fully saturated rings. The second-order valence-corrected chi connectivity index (χ2v) is 2.53. The van der Waals surface area contributed by atoms with E-state index in [1.165, 1.54) is 12.2 Å². The summed E-state index contributed by atoms with van der Waals surface area (Å²) in [7, 11) is 0. The maximum Gasteiger partial charge on any atom is 0.180 e. The Hall–Kier alpha value is -0.960. The first-order valence-electron chi connectivity index (χ1n) is 3.75. The SMILES string of the molecule is CCCNC1C(=O)C=CC1=O. The van der Waals surface area contributed by atoms with Crippen molar-refractivity contribution in [1.29, 1.82) is 0 Å². The summed E-state index contributed by atoms with van der Waals surface area (Å²) >= 11 is 0. The number of hydrogen-bond acceptors (Lipinski definition) is 3. The lowest BCUT2D eigenvalue weighted by Gasteiger charge is -2.06. The van der Waals surface area contributed by atoms with Crippen LogP contribution >= 0.6 is 0 Å². The van der Waals surface area contributed by atoms with Crippen molar-refractivity contribution >= 4 is 11.6 Å². The monoisotopic (exact) mass is 153 g/mol. The highest BCUT2D eigenvalue weighted by molar-refractivity contribution is 6.21. The van der Waals surface area contributed by atoms with E-state index in [9.17, 15) is 9.59 Å². The Bertz CT molecular complexity index is 190. The zero-order chi connectivity index (χ0) is 8.27. The molecular weight excluding hydrogens is 142 g/mol. The molecule has 0 aromatic heterocycles. The smallest absolute Gasteiger partial charge is 0.180 e. The molecule has 3 heteroatoms. The summed E-state index contributed by atoms with van der Waals surface area (Å²) in [6.07, 6.45) is 3.59. The van der Waals surface area contributed by atoms with E-state index in [2.05, 4.69) is 5.32 Å². The first-order valence-corrected chi connectivity index (χ1v) is 3.75. The Labute approximate surface area is 65.5 Å². The molecule has 0 radical (unpaired) electrons. The summed E-state index contributed by atoms with van der Waals surface area (Å²) < 4.78 is 0. The minimum absolute atomic E-state index is 0.122. The molecule has 0 aliphatic heterocycles. The molecule has 0 spiro atoms. The van der Waals surface area contributed by atoms with Gasteiger partial charge in [-0.1, -0.05) is 6.92 Å². The van der Waals surface area contributed by atoms with Gasteiger partial charge in [0.15, 0.2) is 11.6 Å². The predicted molar refractivity (Wildman–Crippen MR) is 41.2 cm³/mol. The van der Waals surface area contributed by atoms with Crippen molar-refractivity contribution in [3.63, 3.8) is 0 Å². The van der Waals surface area contributed by atoms with Crippen molar-refractivity contribution in [3.05, 3.63) is 12.2 Å². The third-order valence-electron chi connectivity index (χ3n) is 1.58. The molecule has 3 nitrogen and oxygen atoms in total. The number of hydrogen-bond donors (Lipinski definition) is 1. The van der Waals surface area contributed by atoms with Crippen LogP contribution in [-0.4, -0.2) is 24.2 Å². The van der Waals surface area contributed by atoms with Crippen molar-refractivity contribution in [3.8, 4) is 0 Å². The van der Waals surface area contributed by atoms with Crippen LogP contribution in [0.5, 0.6) is 0 Å². The second-order valence-electron chi connectivity index (χ2n) is 2.53. The van der Waals surface area contributed by atoms with Crippen LogP contribution in [0.15, 0.2) is 12.2 Å². The van der Waals surface area contributed by atoms with Gasteiger partial charge in [0.2, 0.25) is 0 Å². The van der Waals surface area contributed by atoms with Gasteiger partial charge in [-0.15, -0.1) is 0 Å². The highest BCUT2D eigenvalue weighted by Gasteiger charge is 2.26. The molecule has 0 bridgehead atoms. The average molecular weight is 153 g/mol. The van der Waals surface area contributed by atoms with E-state index >= 15 is 0 Å². The van der Waals surface area contributed by atoms with Crippen LogP contribution in [0.3, 0.4) is 0 Å².